The van der Waals surface area contributed by atoms with E-state index in [1.165, 1.54) is 16.6 Å². The van der Waals surface area contributed by atoms with Gasteiger partial charge in [0.1, 0.15) is 5.82 Å². The Bertz CT molecular complexity index is 1050. The van der Waals surface area contributed by atoms with Crippen LogP contribution in [0.15, 0.2) is 48.8 Å². The SMILES string of the molecule is CNC(=O)CN1CC(CCN2CCN(c3cc4cc[nH]c4cn3)CC2)c2ccccc21. The molecule has 1 saturated heterocycles. The first-order chi connectivity index (χ1) is 15.2. The van der Waals surface area contributed by atoms with Crippen molar-refractivity contribution in [3.63, 3.8) is 0 Å². The Morgan fingerprint density at radius 3 is 2.87 bits per heavy atom. The van der Waals surface area contributed by atoms with Crippen LogP contribution in [0.3, 0.4) is 0 Å². The van der Waals surface area contributed by atoms with Crippen LogP contribution in [0, 0.1) is 0 Å². The van der Waals surface area contributed by atoms with Crippen molar-refractivity contribution >= 4 is 28.3 Å². The topological polar surface area (TPSA) is 67.5 Å². The molecule has 0 aliphatic carbocycles. The quantitative estimate of drug-likeness (QED) is 0.644. The minimum absolute atomic E-state index is 0.0676. The molecule has 5 rings (SSSR count). The van der Waals surface area contributed by atoms with Crippen LogP contribution in [-0.2, 0) is 4.79 Å². The van der Waals surface area contributed by atoms with Crippen LogP contribution in [0.5, 0.6) is 0 Å². The third-order valence-corrected chi connectivity index (χ3v) is 6.68. The van der Waals surface area contributed by atoms with Crippen molar-refractivity contribution < 1.29 is 4.79 Å². The van der Waals surface area contributed by atoms with Gasteiger partial charge in [0.15, 0.2) is 0 Å². The molecule has 0 bridgehead atoms. The fraction of sp³-hybridized carbons (Fsp3) is 0.417. The molecule has 1 amide bonds. The molecule has 162 valence electrons. The number of nitrogens with one attached hydrogen (secondary N) is 2. The predicted octanol–water partition coefficient (Wildman–Crippen LogP) is 2.42. The highest BCUT2D eigenvalue weighted by Gasteiger charge is 2.29. The van der Waals surface area contributed by atoms with Gasteiger partial charge < -0.3 is 20.1 Å². The number of anilines is 2. The van der Waals surface area contributed by atoms with Crippen molar-refractivity contribution in [1.82, 2.24) is 20.2 Å². The number of pyridine rings is 1. The maximum absolute atomic E-state index is 11.9. The molecule has 0 spiro atoms. The van der Waals surface area contributed by atoms with Crippen LogP contribution in [0.4, 0.5) is 11.5 Å². The summed E-state index contributed by atoms with van der Waals surface area (Å²) in [5.41, 5.74) is 3.69. The number of hydrogen-bond donors (Lipinski definition) is 2. The summed E-state index contributed by atoms with van der Waals surface area (Å²) in [4.78, 5) is 26.9. The number of carbonyl (C=O) groups excluding carboxylic acids is 1. The number of hydrogen-bond acceptors (Lipinski definition) is 5. The van der Waals surface area contributed by atoms with Gasteiger partial charge in [0.25, 0.3) is 0 Å². The molecule has 7 heteroatoms. The molecule has 3 aromatic rings. The highest BCUT2D eigenvalue weighted by molar-refractivity contribution is 5.82. The van der Waals surface area contributed by atoms with Crippen molar-refractivity contribution in [2.24, 2.45) is 0 Å². The van der Waals surface area contributed by atoms with Crippen LogP contribution >= 0.6 is 0 Å². The molecule has 0 saturated carbocycles. The van der Waals surface area contributed by atoms with Crippen molar-refractivity contribution in [2.75, 3.05) is 62.7 Å². The smallest absolute Gasteiger partial charge is 0.239 e. The van der Waals surface area contributed by atoms with Gasteiger partial charge in [0, 0.05) is 63.0 Å². The van der Waals surface area contributed by atoms with E-state index < -0.39 is 0 Å². The van der Waals surface area contributed by atoms with E-state index in [1.54, 1.807) is 7.05 Å². The number of carbonyl (C=O) groups is 1. The molecule has 1 atom stereocenters. The summed E-state index contributed by atoms with van der Waals surface area (Å²) in [6.07, 6.45) is 5.01. The van der Waals surface area contributed by atoms with E-state index in [0.29, 0.717) is 12.5 Å². The Hall–Kier alpha value is -3.06. The van der Waals surface area contributed by atoms with Crippen LogP contribution in [0.2, 0.25) is 0 Å². The Labute approximate surface area is 183 Å². The minimum atomic E-state index is 0.0676. The van der Waals surface area contributed by atoms with E-state index in [4.69, 9.17) is 0 Å². The number of aromatic amines is 1. The maximum atomic E-state index is 11.9. The van der Waals surface area contributed by atoms with Crippen LogP contribution in [-0.4, -0.2) is 73.6 Å². The molecule has 2 N–H and O–H groups in total. The van der Waals surface area contributed by atoms with Gasteiger partial charge in [-0.3, -0.25) is 9.69 Å². The molecule has 1 unspecified atom stereocenters. The molecular formula is C24H30N6O. The summed E-state index contributed by atoms with van der Waals surface area (Å²) in [6.45, 7) is 6.58. The van der Waals surface area contributed by atoms with Crippen molar-refractivity contribution in [1.29, 1.82) is 0 Å². The number of benzene rings is 1. The zero-order valence-corrected chi connectivity index (χ0v) is 18.1. The lowest BCUT2D eigenvalue weighted by Crippen LogP contribution is -2.47. The fourth-order valence-electron chi connectivity index (χ4n) is 4.88. The molecule has 1 fully saturated rings. The highest BCUT2D eigenvalue weighted by atomic mass is 16.1. The van der Waals surface area contributed by atoms with Gasteiger partial charge in [-0.15, -0.1) is 0 Å². The average Bonchev–Trinajstić information content (AvgIpc) is 3.42. The number of aromatic nitrogens is 2. The summed E-state index contributed by atoms with van der Waals surface area (Å²) in [6, 6.07) is 12.8. The standard InChI is InChI=1S/C24H30N6O/c1-25-24(31)17-30-16-19(20-4-2-3-5-22(20)30)7-9-28-10-12-29(13-11-28)23-14-18-6-8-26-21(18)15-27-23/h2-6,8,14-15,19,26H,7,9-13,16-17H2,1H3,(H,25,31). The number of rotatable bonds is 6. The zero-order chi connectivity index (χ0) is 21.2. The molecule has 0 radical (unpaired) electrons. The Morgan fingerprint density at radius 1 is 1.19 bits per heavy atom. The summed E-state index contributed by atoms with van der Waals surface area (Å²) >= 11 is 0. The normalized spacial score (nSPS) is 19.1. The zero-order valence-electron chi connectivity index (χ0n) is 18.1. The summed E-state index contributed by atoms with van der Waals surface area (Å²) in [7, 11) is 1.70. The summed E-state index contributed by atoms with van der Waals surface area (Å²) in [5, 5.41) is 3.96. The van der Waals surface area contributed by atoms with E-state index in [0.717, 1.165) is 57.0 Å². The van der Waals surface area contributed by atoms with Crippen LogP contribution < -0.4 is 15.1 Å². The third kappa shape index (κ3) is 4.10. The molecule has 2 aliphatic heterocycles. The van der Waals surface area contributed by atoms with Crippen molar-refractivity contribution in [2.45, 2.75) is 12.3 Å². The lowest BCUT2D eigenvalue weighted by Gasteiger charge is -2.35. The van der Waals surface area contributed by atoms with Gasteiger partial charge in [0.2, 0.25) is 5.91 Å². The number of para-hydroxylation sites is 1. The second-order valence-corrected chi connectivity index (χ2v) is 8.53. The Kier molecular flexibility index (Phi) is 5.51. The number of H-pyrrole nitrogens is 1. The van der Waals surface area contributed by atoms with E-state index in [1.807, 2.05) is 12.4 Å². The minimum Gasteiger partial charge on any atom is -0.361 e. The average molecular weight is 419 g/mol. The summed E-state index contributed by atoms with van der Waals surface area (Å²) in [5.74, 6) is 1.62. The van der Waals surface area contributed by atoms with E-state index in [2.05, 4.69) is 66.4 Å². The molecule has 4 heterocycles. The Morgan fingerprint density at radius 2 is 2.03 bits per heavy atom. The first-order valence-electron chi connectivity index (χ1n) is 11.2. The van der Waals surface area contributed by atoms with E-state index >= 15 is 0 Å². The highest BCUT2D eigenvalue weighted by Crippen LogP contribution is 2.37. The Balaban J connectivity index is 1.16. The van der Waals surface area contributed by atoms with Crippen LogP contribution in [0.25, 0.3) is 10.9 Å². The monoisotopic (exact) mass is 418 g/mol. The van der Waals surface area contributed by atoms with Gasteiger partial charge in [-0.25, -0.2) is 4.98 Å². The first-order valence-corrected chi connectivity index (χ1v) is 11.2. The second-order valence-electron chi connectivity index (χ2n) is 8.53. The summed E-state index contributed by atoms with van der Waals surface area (Å²) < 4.78 is 0. The van der Waals surface area contributed by atoms with Gasteiger partial charge in [-0.05, 0) is 36.7 Å². The van der Waals surface area contributed by atoms with Gasteiger partial charge in [-0.1, -0.05) is 18.2 Å². The van der Waals surface area contributed by atoms with Gasteiger partial charge >= 0.3 is 0 Å². The molecule has 31 heavy (non-hydrogen) atoms. The largest absolute Gasteiger partial charge is 0.361 e. The van der Waals surface area contributed by atoms with Crippen molar-refractivity contribution in [3.05, 3.63) is 54.4 Å². The molecule has 1 aromatic carbocycles. The number of piperazine rings is 1. The number of likely N-dealkylation sites (N-methyl/N-ethyl adjacent to an activating group) is 1. The number of fused-ring (bicyclic) bond motifs is 2. The molecule has 7 nitrogen and oxygen atoms in total. The fourth-order valence-corrected chi connectivity index (χ4v) is 4.88. The molecule has 2 aromatic heterocycles. The first kappa shape index (κ1) is 19.9. The molecule has 2 aliphatic rings. The van der Waals surface area contributed by atoms with Gasteiger partial charge in [-0.2, -0.15) is 0 Å². The maximum Gasteiger partial charge on any atom is 0.239 e. The third-order valence-electron chi connectivity index (χ3n) is 6.68. The predicted molar refractivity (Wildman–Crippen MR) is 125 cm³/mol. The lowest BCUT2D eigenvalue weighted by atomic mass is 9.97. The van der Waals surface area contributed by atoms with Gasteiger partial charge in [0.05, 0.1) is 18.3 Å². The second kappa shape index (κ2) is 8.59. The van der Waals surface area contributed by atoms with E-state index in [9.17, 15) is 4.79 Å². The van der Waals surface area contributed by atoms with Crippen LogP contribution in [0.1, 0.15) is 17.9 Å². The number of nitrogens with zero attached hydrogens (tertiary/aromatic N) is 4. The van der Waals surface area contributed by atoms with E-state index in [-0.39, 0.29) is 5.91 Å². The lowest BCUT2D eigenvalue weighted by molar-refractivity contribution is -0.119. The van der Waals surface area contributed by atoms with Crippen molar-refractivity contribution in [3.8, 4) is 0 Å². The molecular weight excluding hydrogens is 388 g/mol. The number of amides is 1.